The van der Waals surface area contributed by atoms with Gasteiger partial charge in [-0.2, -0.15) is 5.43 Å². The van der Waals surface area contributed by atoms with Crippen LogP contribution in [0.2, 0.25) is 0 Å². The second kappa shape index (κ2) is 4.34. The van der Waals surface area contributed by atoms with Gasteiger partial charge in [-0.25, -0.2) is 5.34 Å². The van der Waals surface area contributed by atoms with Gasteiger partial charge in [0.2, 0.25) is 0 Å². The van der Waals surface area contributed by atoms with E-state index in [1.165, 1.54) is 0 Å². The van der Waals surface area contributed by atoms with Crippen LogP contribution in [0.5, 0.6) is 0 Å². The summed E-state index contributed by atoms with van der Waals surface area (Å²) in [5.74, 6) is 0.797. The Balaban J connectivity index is 2.45. The fourth-order valence-electron chi connectivity index (χ4n) is 2.07. The van der Waals surface area contributed by atoms with Gasteiger partial charge >= 0.3 is 0 Å². The lowest BCUT2D eigenvalue weighted by Gasteiger charge is -2.36. The first-order valence-corrected chi connectivity index (χ1v) is 5.11. The lowest BCUT2D eigenvalue weighted by Crippen LogP contribution is -2.33. The van der Waals surface area contributed by atoms with Crippen LogP contribution in [0, 0.1) is 17.0 Å². The Labute approximate surface area is 90.2 Å². The van der Waals surface area contributed by atoms with E-state index in [1.807, 2.05) is 6.92 Å². The highest BCUT2D eigenvalue weighted by atomic mass is 16.9. The van der Waals surface area contributed by atoms with E-state index >= 15 is 0 Å². The van der Waals surface area contributed by atoms with E-state index < -0.39 is 5.60 Å². The molecule has 1 aliphatic rings. The minimum atomic E-state index is -0.392. The zero-order valence-electron chi connectivity index (χ0n) is 9.51. The molecule has 2 N–H and O–H groups in total. The first-order chi connectivity index (χ1) is 6.97. The normalized spacial score (nSPS) is 33.7. The molecule has 88 valence electrons. The lowest BCUT2D eigenvalue weighted by atomic mass is 10.2. The van der Waals surface area contributed by atoms with Gasteiger partial charge < -0.3 is 15.8 Å². The molecule has 0 radical (unpaired) electrons. The monoisotopic (exact) mass is 215 g/mol. The molecule has 6 nitrogen and oxygen atoms in total. The second-order valence-corrected chi connectivity index (χ2v) is 4.01. The Kier molecular flexibility index (Phi) is 3.54. The van der Waals surface area contributed by atoms with Gasteiger partial charge in [0, 0.05) is 0 Å². The maximum Gasteiger partial charge on any atom is 0.154 e. The number of hydrazine groups is 1. The number of hydrazone groups is 1. The lowest BCUT2D eigenvalue weighted by molar-refractivity contribution is -0.715. The topological polar surface area (TPSA) is 78.7 Å². The van der Waals surface area contributed by atoms with Crippen LogP contribution in [-0.4, -0.2) is 29.1 Å². The largest absolute Gasteiger partial charge is 0.789 e. The van der Waals surface area contributed by atoms with Crippen LogP contribution in [0.25, 0.3) is 5.43 Å². The molecular formula is C9H19N4O2-. The number of hydrogen-bond donors (Lipinski definition) is 1. The fourth-order valence-corrected chi connectivity index (χ4v) is 2.07. The molecule has 0 aromatic heterocycles. The van der Waals surface area contributed by atoms with E-state index in [2.05, 4.69) is 26.0 Å². The molecule has 0 spiro atoms. The van der Waals surface area contributed by atoms with Gasteiger partial charge in [-0.3, -0.25) is 0 Å². The van der Waals surface area contributed by atoms with Crippen LogP contribution in [-0.2, 0) is 4.84 Å². The molecule has 6 heteroatoms. The van der Waals surface area contributed by atoms with Crippen molar-refractivity contribution in [2.24, 2.45) is 17.6 Å². The predicted molar refractivity (Wildman–Crippen MR) is 57.4 cm³/mol. The van der Waals surface area contributed by atoms with Crippen LogP contribution in [0.1, 0.15) is 27.2 Å². The average Bonchev–Trinajstić information content (AvgIpc) is 2.68. The van der Waals surface area contributed by atoms with Gasteiger partial charge in [0.1, 0.15) is 0 Å². The summed E-state index contributed by atoms with van der Waals surface area (Å²) < 4.78 is 0. The highest BCUT2D eigenvalue weighted by Crippen LogP contribution is 2.55. The van der Waals surface area contributed by atoms with Gasteiger partial charge in [-0.15, -0.1) is 4.79 Å². The quantitative estimate of drug-likeness (QED) is 0.407. The van der Waals surface area contributed by atoms with Gasteiger partial charge in [0.05, 0.1) is 12.3 Å². The van der Waals surface area contributed by atoms with Crippen LogP contribution in [0.4, 0.5) is 0 Å². The van der Waals surface area contributed by atoms with Crippen molar-refractivity contribution in [1.29, 1.82) is 0 Å². The third-order valence-corrected chi connectivity index (χ3v) is 3.28. The Hall–Kier alpha value is -0.850. The van der Waals surface area contributed by atoms with E-state index in [0.717, 1.165) is 11.2 Å². The summed E-state index contributed by atoms with van der Waals surface area (Å²) in [5, 5.41) is 11.7. The van der Waals surface area contributed by atoms with E-state index in [1.54, 1.807) is 0 Å². The van der Waals surface area contributed by atoms with Gasteiger partial charge in [0.25, 0.3) is 0 Å². The number of nitrogens with zero attached hydrogens (tertiary/aromatic N) is 3. The maximum absolute atomic E-state index is 11.4. The maximum atomic E-state index is 11.4. The molecule has 1 aliphatic carbocycles. The Morgan fingerprint density at radius 3 is 2.73 bits per heavy atom. The molecule has 0 aromatic carbocycles. The third kappa shape index (κ3) is 2.22. The van der Waals surface area contributed by atoms with E-state index in [0.29, 0.717) is 17.2 Å². The first kappa shape index (κ1) is 12.2. The predicted octanol–water partition coefficient (Wildman–Crippen LogP) is 0.985. The van der Waals surface area contributed by atoms with Crippen molar-refractivity contribution in [3.63, 3.8) is 0 Å². The minimum absolute atomic E-state index is 0.00900. The summed E-state index contributed by atoms with van der Waals surface area (Å²) in [7, 11) is 0. The van der Waals surface area contributed by atoms with Crippen LogP contribution in [0.3, 0.4) is 0 Å². The zero-order valence-corrected chi connectivity index (χ0v) is 9.51. The molecule has 3 unspecified atom stereocenters. The summed E-state index contributed by atoms with van der Waals surface area (Å²) in [4.78, 5) is 6.09. The third-order valence-electron chi connectivity index (χ3n) is 3.28. The molecule has 0 aromatic rings. The fraction of sp³-hybridized carbons (Fsp3) is 0.889. The first-order valence-electron chi connectivity index (χ1n) is 5.11. The minimum Gasteiger partial charge on any atom is -0.789 e. The molecule has 1 saturated carbocycles. The molecule has 0 saturated heterocycles. The average molecular weight is 215 g/mol. The van der Waals surface area contributed by atoms with Gasteiger partial charge in [-0.05, 0) is 18.8 Å². The summed E-state index contributed by atoms with van der Waals surface area (Å²) in [6.07, 6.45) is 0.997. The van der Waals surface area contributed by atoms with E-state index in [9.17, 15) is 5.21 Å². The van der Waals surface area contributed by atoms with Crippen molar-refractivity contribution in [3.8, 4) is 0 Å². The summed E-state index contributed by atoms with van der Waals surface area (Å²) >= 11 is 0. The Morgan fingerprint density at radius 1 is 1.73 bits per heavy atom. The molecule has 15 heavy (non-hydrogen) atoms. The van der Waals surface area contributed by atoms with E-state index in [4.69, 9.17) is 10.6 Å². The van der Waals surface area contributed by atoms with Crippen molar-refractivity contribution < 1.29 is 9.63 Å². The van der Waals surface area contributed by atoms with Crippen molar-refractivity contribution in [2.75, 3.05) is 6.67 Å². The van der Waals surface area contributed by atoms with Crippen LogP contribution >= 0.6 is 0 Å². The Bertz CT molecular complexity index is 248. The Morgan fingerprint density at radius 2 is 2.33 bits per heavy atom. The molecule has 0 bridgehead atoms. The van der Waals surface area contributed by atoms with Crippen molar-refractivity contribution >= 4 is 6.72 Å². The van der Waals surface area contributed by atoms with Crippen LogP contribution < -0.4 is 5.73 Å². The van der Waals surface area contributed by atoms with Crippen LogP contribution in [0.15, 0.2) is 0 Å². The summed E-state index contributed by atoms with van der Waals surface area (Å²) in [6.45, 7) is 9.47. The molecular weight excluding hydrogens is 196 g/mol. The number of hydrogen-bond acceptors (Lipinski definition) is 4. The summed E-state index contributed by atoms with van der Waals surface area (Å²) in [5.41, 5.74) is 8.37. The molecule has 3 atom stereocenters. The molecule has 0 heterocycles. The molecule has 0 amide bonds. The van der Waals surface area contributed by atoms with Gasteiger partial charge in [-0.1, -0.05) is 20.3 Å². The van der Waals surface area contributed by atoms with Gasteiger partial charge in [0.15, 0.2) is 6.72 Å². The number of rotatable bonds is 6. The molecule has 1 fully saturated rings. The smallest absolute Gasteiger partial charge is 0.154 e. The zero-order chi connectivity index (χ0) is 11.6. The number of nitrogens with two attached hydrogens (primary N) is 1. The highest BCUT2D eigenvalue weighted by Gasteiger charge is 2.58. The second-order valence-electron chi connectivity index (χ2n) is 4.01. The summed E-state index contributed by atoms with van der Waals surface area (Å²) in [6, 6.07) is 0. The SMILES string of the molecule is C=[N+]([N-]CN)N([O-])OC1(C)C(C)C1CC. The molecule has 0 aliphatic heterocycles. The van der Waals surface area contributed by atoms with Crippen molar-refractivity contribution in [1.82, 2.24) is 5.34 Å². The molecule has 1 rings (SSSR count). The highest BCUT2D eigenvalue weighted by molar-refractivity contribution is 5.15. The van der Waals surface area contributed by atoms with Crippen molar-refractivity contribution in [3.05, 3.63) is 10.6 Å². The van der Waals surface area contributed by atoms with E-state index in [-0.39, 0.29) is 6.67 Å². The standard InChI is InChI=1S/C9H19N4O2/c1-5-8-7(2)9(8,3)15-13(14)12(4)11-6-10/h7-8H,4-6,10H2,1-3H3/q-1. The van der Waals surface area contributed by atoms with Crippen molar-refractivity contribution in [2.45, 2.75) is 32.8 Å².